The van der Waals surface area contributed by atoms with Gasteiger partial charge < -0.3 is 9.32 Å². The van der Waals surface area contributed by atoms with E-state index < -0.39 is 124 Å². The molecular weight excluding hydrogens is 679 g/mol. The zero-order valence-electron chi connectivity index (χ0n) is 44.4. The SMILES string of the molecule is [2H]c1c([2H])c(N(c2ccccc2-c2ccc3oc4c5ccccc5ccc4c3c2)c2c([2H])c([2H])c(-c3c([2H])c([2H])c([2H])c4c([2H])c([2H])c([2H])c([2H])c34)c([2H])c2[2H])c([2H])c([2H])c1-c1cccc2ccccc12. The van der Waals surface area contributed by atoms with Gasteiger partial charge >= 0.3 is 0 Å². The highest BCUT2D eigenvalue weighted by molar-refractivity contribution is 6.15. The van der Waals surface area contributed by atoms with Crippen molar-refractivity contribution in [3.63, 3.8) is 0 Å². The van der Waals surface area contributed by atoms with Crippen molar-refractivity contribution in [2.45, 2.75) is 0 Å². The Morgan fingerprint density at radius 3 is 1.84 bits per heavy atom. The molecule has 0 fully saturated rings. The lowest BCUT2D eigenvalue weighted by atomic mass is 9.96. The molecule has 0 aliphatic carbocycles. The van der Waals surface area contributed by atoms with E-state index in [1.165, 1.54) is 4.90 Å². The first kappa shape index (κ1) is 20.3. The van der Waals surface area contributed by atoms with Crippen molar-refractivity contribution in [3.05, 3.63) is 212 Å². The summed E-state index contributed by atoms with van der Waals surface area (Å²) in [4.78, 5) is 1.19. The first-order valence-electron chi connectivity index (χ1n) is 25.5. The number of benzene rings is 10. The summed E-state index contributed by atoms with van der Waals surface area (Å²) < 4.78 is 144. The van der Waals surface area contributed by atoms with Crippen molar-refractivity contribution in [2.75, 3.05) is 4.90 Å². The summed E-state index contributed by atoms with van der Waals surface area (Å²) in [6.07, 6.45) is 0. The molecule has 0 bridgehead atoms. The standard InChI is InChI=1S/C54H35NO/c1-4-16-44-36(11-1)14-9-20-46(44)39-23-29-42(30-24-39)55(43-31-25-40(26-32-43)47-21-10-15-37-12-2-5-17-45(37)47)52-22-8-7-18-48(52)41-28-34-53-51(35-41)50-33-27-38-13-3-6-19-49(38)54(50)56-53/h1-35H/i1D,4D,9D,11D,14D,16D,20D,23D,24D,25D,26D,29D,30D,31D,32D. The summed E-state index contributed by atoms with van der Waals surface area (Å²) in [5, 5.41) is 4.09. The first-order valence-corrected chi connectivity index (χ1v) is 18.0. The van der Waals surface area contributed by atoms with Crippen molar-refractivity contribution in [1.29, 1.82) is 0 Å². The number of hydrogen-bond donors (Lipinski definition) is 0. The molecule has 10 aromatic carbocycles. The van der Waals surface area contributed by atoms with E-state index in [-0.39, 0.29) is 11.3 Å². The van der Waals surface area contributed by atoms with Gasteiger partial charge in [-0.1, -0.05) is 164 Å². The fraction of sp³-hybridized carbons (Fsp3) is 0. The second-order valence-corrected chi connectivity index (χ2v) is 13.3. The summed E-state index contributed by atoms with van der Waals surface area (Å²) in [5.41, 5.74) is 0.860. The van der Waals surface area contributed by atoms with E-state index in [1.54, 1.807) is 54.6 Å². The Balaban J connectivity index is 1.22. The summed E-state index contributed by atoms with van der Waals surface area (Å²) in [5.74, 6) is 0. The van der Waals surface area contributed by atoms with Crippen LogP contribution in [0.15, 0.2) is 216 Å². The summed E-state index contributed by atoms with van der Waals surface area (Å²) in [6.45, 7) is 0. The van der Waals surface area contributed by atoms with Crippen LogP contribution in [-0.2, 0) is 0 Å². The Morgan fingerprint density at radius 1 is 0.375 bits per heavy atom. The highest BCUT2D eigenvalue weighted by atomic mass is 16.3. The molecule has 262 valence electrons. The average Bonchev–Trinajstić information content (AvgIpc) is 3.77. The number of fused-ring (bicyclic) bond motifs is 7. The van der Waals surface area contributed by atoms with Gasteiger partial charge in [0.05, 0.1) is 26.2 Å². The number of anilines is 3. The second kappa shape index (κ2) is 13.2. The molecule has 11 aromatic rings. The van der Waals surface area contributed by atoms with Crippen LogP contribution in [0.5, 0.6) is 0 Å². The Hall–Kier alpha value is -7.42. The maximum Gasteiger partial charge on any atom is 0.143 e. The van der Waals surface area contributed by atoms with Gasteiger partial charge in [-0.3, -0.25) is 0 Å². The molecule has 0 saturated carbocycles. The highest BCUT2D eigenvalue weighted by Gasteiger charge is 2.19. The van der Waals surface area contributed by atoms with Crippen LogP contribution >= 0.6 is 0 Å². The minimum Gasteiger partial charge on any atom is -0.455 e. The largest absolute Gasteiger partial charge is 0.455 e. The number of para-hydroxylation sites is 1. The van der Waals surface area contributed by atoms with Gasteiger partial charge in [0.1, 0.15) is 11.2 Å². The van der Waals surface area contributed by atoms with Crippen LogP contribution in [-0.4, -0.2) is 0 Å². The third kappa shape index (κ3) is 5.34. The van der Waals surface area contributed by atoms with Crippen LogP contribution in [0.2, 0.25) is 0 Å². The topological polar surface area (TPSA) is 16.4 Å². The van der Waals surface area contributed by atoms with Gasteiger partial charge in [0.2, 0.25) is 0 Å². The Kier molecular flexibility index (Phi) is 4.77. The zero-order valence-corrected chi connectivity index (χ0v) is 29.4. The molecule has 0 unspecified atom stereocenters. The molecule has 0 aliphatic rings. The van der Waals surface area contributed by atoms with E-state index >= 15 is 0 Å². The van der Waals surface area contributed by atoms with Crippen LogP contribution in [0, 0.1) is 0 Å². The molecule has 0 radical (unpaired) electrons. The summed E-state index contributed by atoms with van der Waals surface area (Å²) in [6, 6.07) is 26.6. The number of hydrogen-bond acceptors (Lipinski definition) is 2. The Bertz CT molecular complexity index is 4080. The fourth-order valence-corrected chi connectivity index (χ4v) is 7.48. The molecular formula is C54H35NO. The van der Waals surface area contributed by atoms with Gasteiger partial charge in [-0.05, 0) is 103 Å². The number of rotatable bonds is 6. The van der Waals surface area contributed by atoms with Gasteiger partial charge in [0.15, 0.2) is 0 Å². The van der Waals surface area contributed by atoms with E-state index in [0.717, 1.165) is 26.9 Å². The molecule has 11 rings (SSSR count). The maximum atomic E-state index is 9.78. The molecule has 0 saturated heterocycles. The normalized spacial score (nSPS) is 15.3. The smallest absolute Gasteiger partial charge is 0.143 e. The van der Waals surface area contributed by atoms with Crippen molar-refractivity contribution >= 4 is 71.3 Å². The van der Waals surface area contributed by atoms with Gasteiger partial charge in [0.25, 0.3) is 0 Å². The molecule has 1 aromatic heterocycles. The van der Waals surface area contributed by atoms with Crippen LogP contribution in [0.1, 0.15) is 20.6 Å². The van der Waals surface area contributed by atoms with Crippen LogP contribution in [0.4, 0.5) is 17.1 Å². The van der Waals surface area contributed by atoms with Gasteiger partial charge in [0, 0.05) is 33.1 Å². The summed E-state index contributed by atoms with van der Waals surface area (Å²) in [7, 11) is 0. The van der Waals surface area contributed by atoms with Crippen molar-refractivity contribution in [1.82, 2.24) is 0 Å². The lowest BCUT2D eigenvalue weighted by Gasteiger charge is -2.28. The molecule has 0 N–H and O–H groups in total. The Labute approximate surface area is 346 Å². The van der Waals surface area contributed by atoms with Crippen LogP contribution in [0.3, 0.4) is 0 Å². The molecule has 0 aliphatic heterocycles. The molecule has 2 heteroatoms. The third-order valence-corrected chi connectivity index (χ3v) is 10.1. The van der Waals surface area contributed by atoms with Crippen LogP contribution in [0.25, 0.3) is 87.6 Å². The molecule has 56 heavy (non-hydrogen) atoms. The monoisotopic (exact) mass is 728 g/mol. The highest BCUT2D eigenvalue weighted by Crippen LogP contribution is 2.44. The van der Waals surface area contributed by atoms with Gasteiger partial charge in [-0.25, -0.2) is 0 Å². The van der Waals surface area contributed by atoms with E-state index in [9.17, 15) is 11.0 Å². The van der Waals surface area contributed by atoms with Crippen molar-refractivity contribution < 1.29 is 25.0 Å². The van der Waals surface area contributed by atoms with E-state index in [2.05, 4.69) is 0 Å². The molecule has 0 spiro atoms. The van der Waals surface area contributed by atoms with Gasteiger partial charge in [-0.15, -0.1) is 0 Å². The van der Waals surface area contributed by atoms with E-state index in [0.29, 0.717) is 33.2 Å². The average molecular weight is 729 g/mol. The predicted molar refractivity (Wildman–Crippen MR) is 237 cm³/mol. The molecule has 0 amide bonds. The number of furan rings is 1. The maximum absolute atomic E-state index is 9.78. The lowest BCUT2D eigenvalue weighted by molar-refractivity contribution is 0.672. The molecule has 0 atom stereocenters. The quantitative estimate of drug-likeness (QED) is 0.169. The zero-order chi connectivity index (χ0) is 50.1. The summed E-state index contributed by atoms with van der Waals surface area (Å²) >= 11 is 0. The minimum atomic E-state index is -0.802. The van der Waals surface area contributed by atoms with E-state index in [1.807, 2.05) is 66.7 Å². The van der Waals surface area contributed by atoms with Crippen molar-refractivity contribution in [3.8, 4) is 33.4 Å². The van der Waals surface area contributed by atoms with Gasteiger partial charge in [-0.2, -0.15) is 0 Å². The molecule has 1 heterocycles. The van der Waals surface area contributed by atoms with Crippen molar-refractivity contribution in [2.24, 2.45) is 0 Å². The third-order valence-electron chi connectivity index (χ3n) is 10.1. The fourth-order valence-electron chi connectivity index (χ4n) is 7.48. The number of nitrogens with zero attached hydrogens (tertiary/aromatic N) is 1. The first-order chi connectivity index (χ1) is 34.0. The van der Waals surface area contributed by atoms with E-state index in [4.69, 9.17) is 14.0 Å². The lowest BCUT2D eigenvalue weighted by Crippen LogP contribution is -2.11. The van der Waals surface area contributed by atoms with Crippen LogP contribution < -0.4 is 4.90 Å². The predicted octanol–water partition coefficient (Wildman–Crippen LogP) is 15.5. The minimum absolute atomic E-state index is 0.00282. The second-order valence-electron chi connectivity index (χ2n) is 13.3. The Morgan fingerprint density at radius 2 is 1.02 bits per heavy atom. The molecule has 2 nitrogen and oxygen atoms in total.